The molecule has 110 valence electrons. The Morgan fingerprint density at radius 2 is 2.05 bits per heavy atom. The van der Waals surface area contributed by atoms with Gasteiger partial charge in [0.05, 0.1) is 13.1 Å². The first-order valence-electron chi connectivity index (χ1n) is 7.25. The summed E-state index contributed by atoms with van der Waals surface area (Å²) in [5.41, 5.74) is 2.61. The Balaban J connectivity index is 1.84. The van der Waals surface area contributed by atoms with Crippen molar-refractivity contribution in [1.82, 2.24) is 10.6 Å². The van der Waals surface area contributed by atoms with Crippen molar-refractivity contribution >= 4 is 11.8 Å². The van der Waals surface area contributed by atoms with Gasteiger partial charge in [-0.15, -0.1) is 6.42 Å². The van der Waals surface area contributed by atoms with Gasteiger partial charge in [0.15, 0.2) is 0 Å². The van der Waals surface area contributed by atoms with Crippen molar-refractivity contribution in [2.75, 3.05) is 13.1 Å². The van der Waals surface area contributed by atoms with E-state index >= 15 is 0 Å². The van der Waals surface area contributed by atoms with Crippen LogP contribution < -0.4 is 10.6 Å². The minimum Gasteiger partial charge on any atom is -0.347 e. The van der Waals surface area contributed by atoms with Crippen LogP contribution in [0.4, 0.5) is 0 Å². The van der Waals surface area contributed by atoms with Gasteiger partial charge in [0, 0.05) is 6.42 Å². The molecule has 2 rings (SSSR count). The molecule has 0 fully saturated rings. The van der Waals surface area contributed by atoms with Gasteiger partial charge in [-0.1, -0.05) is 30.2 Å². The van der Waals surface area contributed by atoms with Crippen molar-refractivity contribution < 1.29 is 9.59 Å². The molecule has 1 aliphatic carbocycles. The Labute approximate surface area is 125 Å². The molecule has 1 atom stereocenters. The van der Waals surface area contributed by atoms with E-state index in [9.17, 15) is 9.59 Å². The largest absolute Gasteiger partial charge is 0.347 e. The van der Waals surface area contributed by atoms with E-state index in [-0.39, 0.29) is 30.8 Å². The van der Waals surface area contributed by atoms with Crippen molar-refractivity contribution in [3.05, 3.63) is 35.4 Å². The van der Waals surface area contributed by atoms with Crippen LogP contribution in [0.3, 0.4) is 0 Å². The SMILES string of the molecule is C#CCNC(=O)CNC(=O)C[C@@H]1CCCc2ccccc21. The molecule has 0 aliphatic heterocycles. The van der Waals surface area contributed by atoms with Gasteiger partial charge < -0.3 is 10.6 Å². The normalized spacial score (nSPS) is 16.4. The fourth-order valence-electron chi connectivity index (χ4n) is 2.75. The van der Waals surface area contributed by atoms with Crippen molar-refractivity contribution in [3.63, 3.8) is 0 Å². The molecule has 0 radical (unpaired) electrons. The van der Waals surface area contributed by atoms with Crippen LogP contribution >= 0.6 is 0 Å². The monoisotopic (exact) mass is 284 g/mol. The van der Waals surface area contributed by atoms with E-state index in [4.69, 9.17) is 6.42 Å². The number of hydrogen-bond donors (Lipinski definition) is 2. The Kier molecular flexibility index (Phi) is 5.39. The number of amides is 2. The number of terminal acetylenes is 1. The van der Waals surface area contributed by atoms with Gasteiger partial charge in [-0.2, -0.15) is 0 Å². The molecule has 1 aliphatic rings. The van der Waals surface area contributed by atoms with Crippen molar-refractivity contribution in [3.8, 4) is 12.3 Å². The predicted octanol–water partition coefficient (Wildman–Crippen LogP) is 1.36. The topological polar surface area (TPSA) is 58.2 Å². The number of carbonyl (C=O) groups is 2. The van der Waals surface area contributed by atoms with E-state index in [1.54, 1.807) is 0 Å². The van der Waals surface area contributed by atoms with Crippen molar-refractivity contribution in [1.29, 1.82) is 0 Å². The molecule has 4 heteroatoms. The molecule has 4 nitrogen and oxygen atoms in total. The highest BCUT2D eigenvalue weighted by molar-refractivity contribution is 5.85. The van der Waals surface area contributed by atoms with Crippen LogP contribution in [-0.2, 0) is 16.0 Å². The van der Waals surface area contributed by atoms with Crippen LogP contribution in [0.5, 0.6) is 0 Å². The summed E-state index contributed by atoms with van der Waals surface area (Å²) in [5, 5.41) is 5.17. The van der Waals surface area contributed by atoms with Crippen molar-refractivity contribution in [2.45, 2.75) is 31.6 Å². The third kappa shape index (κ3) is 4.35. The molecule has 0 spiro atoms. The fraction of sp³-hybridized carbons (Fsp3) is 0.412. The quantitative estimate of drug-likeness (QED) is 0.802. The molecule has 2 amide bonds. The predicted molar refractivity (Wildman–Crippen MR) is 81.6 cm³/mol. The summed E-state index contributed by atoms with van der Waals surface area (Å²) in [4.78, 5) is 23.3. The number of carbonyl (C=O) groups excluding carboxylic acids is 2. The van der Waals surface area contributed by atoms with Gasteiger partial charge >= 0.3 is 0 Å². The molecule has 0 aromatic heterocycles. The molecule has 0 heterocycles. The highest BCUT2D eigenvalue weighted by Gasteiger charge is 2.22. The van der Waals surface area contributed by atoms with Gasteiger partial charge in [-0.3, -0.25) is 9.59 Å². The second kappa shape index (κ2) is 7.49. The summed E-state index contributed by atoms with van der Waals surface area (Å²) in [7, 11) is 0. The summed E-state index contributed by atoms with van der Waals surface area (Å²) in [6.07, 6.45) is 8.70. The highest BCUT2D eigenvalue weighted by Crippen LogP contribution is 2.33. The third-order valence-corrected chi connectivity index (χ3v) is 3.76. The number of benzene rings is 1. The lowest BCUT2D eigenvalue weighted by molar-refractivity contribution is -0.126. The zero-order valence-corrected chi connectivity index (χ0v) is 12.0. The number of aryl methyl sites for hydroxylation is 1. The lowest BCUT2D eigenvalue weighted by Gasteiger charge is -2.24. The second-order valence-corrected chi connectivity index (χ2v) is 5.25. The van der Waals surface area contributed by atoms with Crippen LogP contribution in [-0.4, -0.2) is 24.9 Å². The maximum atomic E-state index is 12.0. The molecule has 21 heavy (non-hydrogen) atoms. The summed E-state index contributed by atoms with van der Waals surface area (Å²) in [6, 6.07) is 8.29. The average Bonchev–Trinajstić information content (AvgIpc) is 2.51. The Hall–Kier alpha value is -2.28. The summed E-state index contributed by atoms with van der Waals surface area (Å²) in [5.74, 6) is 2.22. The molecular formula is C17H20N2O2. The lowest BCUT2D eigenvalue weighted by Crippen LogP contribution is -2.37. The maximum Gasteiger partial charge on any atom is 0.240 e. The first-order chi connectivity index (χ1) is 10.2. The molecule has 2 N–H and O–H groups in total. The summed E-state index contributed by atoms with van der Waals surface area (Å²) >= 11 is 0. The third-order valence-electron chi connectivity index (χ3n) is 3.76. The maximum absolute atomic E-state index is 12.0. The van der Waals surface area contributed by atoms with Crippen LogP contribution in [0, 0.1) is 12.3 Å². The Morgan fingerprint density at radius 1 is 1.24 bits per heavy atom. The van der Waals surface area contributed by atoms with Gasteiger partial charge in [-0.05, 0) is 36.3 Å². The zero-order valence-electron chi connectivity index (χ0n) is 12.0. The van der Waals surface area contributed by atoms with E-state index in [1.165, 1.54) is 11.1 Å². The minimum absolute atomic E-state index is 0.0190. The molecule has 0 saturated heterocycles. The minimum atomic E-state index is -0.259. The van der Waals surface area contributed by atoms with E-state index in [0.29, 0.717) is 6.42 Å². The van der Waals surface area contributed by atoms with Crippen LogP contribution in [0.25, 0.3) is 0 Å². The molecule has 0 bridgehead atoms. The highest BCUT2D eigenvalue weighted by atomic mass is 16.2. The lowest BCUT2D eigenvalue weighted by atomic mass is 9.81. The molecule has 0 saturated carbocycles. The fourth-order valence-corrected chi connectivity index (χ4v) is 2.75. The number of hydrogen-bond acceptors (Lipinski definition) is 2. The Morgan fingerprint density at radius 3 is 2.86 bits per heavy atom. The zero-order chi connectivity index (χ0) is 15.1. The van der Waals surface area contributed by atoms with Gasteiger partial charge in [0.25, 0.3) is 0 Å². The number of rotatable bonds is 5. The molecule has 0 unspecified atom stereocenters. The summed E-state index contributed by atoms with van der Waals surface area (Å²) in [6.45, 7) is 0.166. The van der Waals surface area contributed by atoms with Gasteiger partial charge in [0.1, 0.15) is 0 Å². The van der Waals surface area contributed by atoms with E-state index in [2.05, 4.69) is 28.7 Å². The van der Waals surface area contributed by atoms with E-state index in [1.807, 2.05) is 12.1 Å². The second-order valence-electron chi connectivity index (χ2n) is 5.25. The first-order valence-corrected chi connectivity index (χ1v) is 7.25. The van der Waals surface area contributed by atoms with Crippen molar-refractivity contribution in [2.24, 2.45) is 0 Å². The smallest absolute Gasteiger partial charge is 0.240 e. The Bertz CT molecular complexity index is 560. The van der Waals surface area contributed by atoms with Gasteiger partial charge in [-0.25, -0.2) is 0 Å². The van der Waals surface area contributed by atoms with E-state index in [0.717, 1.165) is 19.3 Å². The van der Waals surface area contributed by atoms with E-state index < -0.39 is 0 Å². The number of nitrogens with one attached hydrogen (secondary N) is 2. The standard InChI is InChI=1S/C17H20N2O2/c1-2-10-18-17(21)12-19-16(20)11-14-8-5-7-13-6-3-4-9-15(13)14/h1,3-4,6,9,14H,5,7-8,10-12H2,(H,18,21)(H,19,20)/t14-/m0/s1. The number of fused-ring (bicyclic) bond motifs is 1. The van der Waals surface area contributed by atoms with Crippen LogP contribution in [0.15, 0.2) is 24.3 Å². The van der Waals surface area contributed by atoms with Crippen LogP contribution in [0.1, 0.15) is 36.3 Å². The van der Waals surface area contributed by atoms with Gasteiger partial charge in [0.2, 0.25) is 11.8 Å². The molecule has 1 aromatic carbocycles. The van der Waals surface area contributed by atoms with Crippen LogP contribution in [0.2, 0.25) is 0 Å². The summed E-state index contributed by atoms with van der Waals surface area (Å²) < 4.78 is 0. The molecule has 1 aromatic rings. The average molecular weight is 284 g/mol. The first kappa shape index (κ1) is 15.1. The molecular weight excluding hydrogens is 264 g/mol.